The van der Waals surface area contributed by atoms with Gasteiger partial charge in [0.1, 0.15) is 0 Å². The van der Waals surface area contributed by atoms with Crippen molar-refractivity contribution in [2.75, 3.05) is 19.3 Å². The molecule has 2 aromatic rings. The van der Waals surface area contributed by atoms with Crippen molar-refractivity contribution in [3.05, 3.63) is 70.8 Å². The lowest BCUT2D eigenvalue weighted by molar-refractivity contribution is 0.0734. The zero-order chi connectivity index (χ0) is 17.9. The maximum absolute atomic E-state index is 12.7. The normalized spacial score (nSPS) is 14.2. The molecule has 0 saturated carbocycles. The number of nitrogens with zero attached hydrogens (tertiary/aromatic N) is 1. The van der Waals surface area contributed by atoms with E-state index in [0.717, 1.165) is 24.8 Å². The molecule has 0 radical (unpaired) electrons. The van der Waals surface area contributed by atoms with Crippen LogP contribution in [-0.2, 0) is 29.4 Å². The molecule has 0 atom stereocenters. The van der Waals surface area contributed by atoms with Crippen LogP contribution in [0.25, 0.3) is 0 Å². The lowest BCUT2D eigenvalue weighted by atomic mass is 9.99. The van der Waals surface area contributed by atoms with E-state index in [1.807, 2.05) is 41.3 Å². The molecular formula is C19H22N2O3S. The van der Waals surface area contributed by atoms with Crippen LogP contribution in [0, 0.1) is 0 Å². The van der Waals surface area contributed by atoms with Crippen molar-refractivity contribution in [1.29, 1.82) is 0 Å². The minimum absolute atomic E-state index is 0.0373. The molecule has 0 spiro atoms. The average Bonchev–Trinajstić information content (AvgIpc) is 2.60. The fourth-order valence-electron chi connectivity index (χ4n) is 3.05. The van der Waals surface area contributed by atoms with Gasteiger partial charge in [0.25, 0.3) is 5.91 Å². The van der Waals surface area contributed by atoms with E-state index in [1.54, 1.807) is 0 Å². The molecule has 2 aromatic carbocycles. The second-order valence-electron chi connectivity index (χ2n) is 6.36. The first-order chi connectivity index (χ1) is 11.9. The Morgan fingerprint density at radius 3 is 2.44 bits per heavy atom. The average molecular weight is 358 g/mol. The van der Waals surface area contributed by atoms with E-state index >= 15 is 0 Å². The Morgan fingerprint density at radius 1 is 1.08 bits per heavy atom. The molecule has 6 heteroatoms. The Hall–Kier alpha value is -2.18. The van der Waals surface area contributed by atoms with Crippen LogP contribution in [0.2, 0.25) is 0 Å². The summed E-state index contributed by atoms with van der Waals surface area (Å²) < 4.78 is 24.6. The number of hydrogen-bond acceptors (Lipinski definition) is 3. The first kappa shape index (κ1) is 17.6. The van der Waals surface area contributed by atoms with Crippen LogP contribution in [-0.4, -0.2) is 38.6 Å². The molecular weight excluding hydrogens is 336 g/mol. The molecule has 132 valence electrons. The smallest absolute Gasteiger partial charge is 0.254 e. The summed E-state index contributed by atoms with van der Waals surface area (Å²) in [5.74, 6) is 0.0373. The Labute approximate surface area is 148 Å². The first-order valence-corrected chi connectivity index (χ1v) is 10.2. The molecule has 0 aromatic heterocycles. The fraction of sp³-hybridized carbons (Fsp3) is 0.316. The molecule has 3 rings (SSSR count). The summed E-state index contributed by atoms with van der Waals surface area (Å²) in [6.07, 6.45) is 2.63. The highest BCUT2D eigenvalue weighted by molar-refractivity contribution is 7.88. The number of benzene rings is 2. The van der Waals surface area contributed by atoms with Crippen molar-refractivity contribution < 1.29 is 13.2 Å². The van der Waals surface area contributed by atoms with Gasteiger partial charge in [-0.1, -0.05) is 36.4 Å². The second-order valence-corrected chi connectivity index (χ2v) is 8.19. The van der Waals surface area contributed by atoms with Crippen LogP contribution < -0.4 is 4.72 Å². The third-order valence-corrected chi connectivity index (χ3v) is 5.13. The summed E-state index contributed by atoms with van der Waals surface area (Å²) in [7, 11) is -3.17. The van der Waals surface area contributed by atoms with E-state index in [2.05, 4.69) is 16.9 Å². The number of carbonyl (C=O) groups is 1. The summed E-state index contributed by atoms with van der Waals surface area (Å²) in [6, 6.07) is 15.6. The van der Waals surface area contributed by atoms with Gasteiger partial charge in [0.05, 0.1) is 6.26 Å². The molecule has 0 unspecified atom stereocenters. The van der Waals surface area contributed by atoms with Crippen LogP contribution in [0.15, 0.2) is 48.5 Å². The van der Waals surface area contributed by atoms with Crippen molar-refractivity contribution >= 4 is 15.9 Å². The maximum atomic E-state index is 12.7. The summed E-state index contributed by atoms with van der Waals surface area (Å²) in [6.45, 7) is 1.74. The van der Waals surface area contributed by atoms with Gasteiger partial charge < -0.3 is 4.90 Å². The molecule has 0 saturated heterocycles. The summed E-state index contributed by atoms with van der Waals surface area (Å²) in [5.41, 5.74) is 4.20. The van der Waals surface area contributed by atoms with E-state index in [0.29, 0.717) is 25.1 Å². The number of hydrogen-bond donors (Lipinski definition) is 1. The standard InChI is InChI=1S/C19H22N2O3S/c1-25(23,24)20-12-10-15-6-8-17(9-7-15)19(22)21-13-11-16-4-2-3-5-18(16)14-21/h2-9,20H,10-14H2,1H3. The van der Waals surface area contributed by atoms with Crippen LogP contribution in [0.3, 0.4) is 0 Å². The zero-order valence-corrected chi connectivity index (χ0v) is 15.1. The largest absolute Gasteiger partial charge is 0.334 e. The summed E-state index contributed by atoms with van der Waals surface area (Å²) >= 11 is 0. The van der Waals surface area contributed by atoms with E-state index < -0.39 is 10.0 Å². The Bertz CT molecular complexity index is 860. The van der Waals surface area contributed by atoms with Crippen LogP contribution in [0.1, 0.15) is 27.0 Å². The second kappa shape index (κ2) is 7.37. The predicted octanol–water partition coefficient (Wildman–Crippen LogP) is 1.98. The Kier molecular flexibility index (Phi) is 5.20. The van der Waals surface area contributed by atoms with Crippen molar-refractivity contribution in [3.8, 4) is 0 Å². The molecule has 1 N–H and O–H groups in total. The van der Waals surface area contributed by atoms with Gasteiger partial charge in [0.2, 0.25) is 10.0 Å². The van der Waals surface area contributed by atoms with Crippen LogP contribution >= 0.6 is 0 Å². The van der Waals surface area contributed by atoms with Gasteiger partial charge in [-0.3, -0.25) is 4.79 Å². The maximum Gasteiger partial charge on any atom is 0.254 e. The first-order valence-electron chi connectivity index (χ1n) is 8.32. The molecule has 1 heterocycles. The van der Waals surface area contributed by atoms with E-state index in [1.165, 1.54) is 11.1 Å². The van der Waals surface area contributed by atoms with Crippen molar-refractivity contribution in [2.24, 2.45) is 0 Å². The monoisotopic (exact) mass is 358 g/mol. The minimum atomic E-state index is -3.17. The highest BCUT2D eigenvalue weighted by Gasteiger charge is 2.21. The van der Waals surface area contributed by atoms with E-state index in [9.17, 15) is 13.2 Å². The number of nitrogens with one attached hydrogen (secondary N) is 1. The highest BCUT2D eigenvalue weighted by atomic mass is 32.2. The number of sulfonamides is 1. The third kappa shape index (κ3) is 4.67. The van der Waals surface area contributed by atoms with Crippen LogP contribution in [0.4, 0.5) is 0 Å². The fourth-order valence-corrected chi connectivity index (χ4v) is 3.52. The van der Waals surface area contributed by atoms with Crippen molar-refractivity contribution in [1.82, 2.24) is 9.62 Å². The van der Waals surface area contributed by atoms with E-state index in [-0.39, 0.29) is 5.91 Å². The molecule has 0 bridgehead atoms. The van der Waals surface area contributed by atoms with Crippen LogP contribution in [0.5, 0.6) is 0 Å². The number of rotatable bonds is 5. The van der Waals surface area contributed by atoms with Gasteiger partial charge in [-0.15, -0.1) is 0 Å². The predicted molar refractivity (Wildman–Crippen MR) is 97.9 cm³/mol. The molecule has 5 nitrogen and oxygen atoms in total. The highest BCUT2D eigenvalue weighted by Crippen LogP contribution is 2.20. The van der Waals surface area contributed by atoms with Gasteiger partial charge in [-0.25, -0.2) is 13.1 Å². The SMILES string of the molecule is CS(=O)(=O)NCCc1ccc(C(=O)N2CCc3ccccc3C2)cc1. The van der Waals surface area contributed by atoms with Gasteiger partial charge in [0, 0.05) is 25.2 Å². The van der Waals surface area contributed by atoms with Crippen molar-refractivity contribution in [3.63, 3.8) is 0 Å². The lowest BCUT2D eigenvalue weighted by Crippen LogP contribution is -2.35. The molecule has 0 aliphatic carbocycles. The Morgan fingerprint density at radius 2 is 1.76 bits per heavy atom. The Balaban J connectivity index is 1.61. The molecule has 0 fully saturated rings. The third-order valence-electron chi connectivity index (χ3n) is 4.40. The minimum Gasteiger partial charge on any atom is -0.334 e. The van der Waals surface area contributed by atoms with Crippen molar-refractivity contribution in [2.45, 2.75) is 19.4 Å². The molecule has 25 heavy (non-hydrogen) atoms. The number of amides is 1. The lowest BCUT2D eigenvalue weighted by Gasteiger charge is -2.29. The molecule has 1 aliphatic heterocycles. The quantitative estimate of drug-likeness (QED) is 0.889. The number of carbonyl (C=O) groups excluding carboxylic acids is 1. The van der Waals surface area contributed by atoms with Gasteiger partial charge in [-0.05, 0) is 41.7 Å². The van der Waals surface area contributed by atoms with Gasteiger partial charge in [0.15, 0.2) is 0 Å². The van der Waals surface area contributed by atoms with E-state index in [4.69, 9.17) is 0 Å². The number of fused-ring (bicyclic) bond motifs is 1. The molecule has 1 aliphatic rings. The van der Waals surface area contributed by atoms with Gasteiger partial charge in [-0.2, -0.15) is 0 Å². The van der Waals surface area contributed by atoms with Gasteiger partial charge >= 0.3 is 0 Å². The zero-order valence-electron chi connectivity index (χ0n) is 14.2. The summed E-state index contributed by atoms with van der Waals surface area (Å²) in [5, 5.41) is 0. The topological polar surface area (TPSA) is 66.5 Å². The summed E-state index contributed by atoms with van der Waals surface area (Å²) in [4.78, 5) is 14.6. The molecule has 1 amide bonds.